The van der Waals surface area contributed by atoms with E-state index in [0.717, 1.165) is 17.9 Å². The minimum Gasteiger partial charge on any atom is -0.364 e. The van der Waals surface area contributed by atoms with Crippen molar-refractivity contribution in [3.05, 3.63) is 23.1 Å². The minimum absolute atomic E-state index is 0.307. The van der Waals surface area contributed by atoms with E-state index in [1.165, 1.54) is 12.3 Å². The summed E-state index contributed by atoms with van der Waals surface area (Å²) in [6.07, 6.45) is 2.52. The van der Waals surface area contributed by atoms with E-state index in [4.69, 9.17) is 11.6 Å². The van der Waals surface area contributed by atoms with Crippen LogP contribution < -0.4 is 5.32 Å². The summed E-state index contributed by atoms with van der Waals surface area (Å²) in [6, 6.07) is 1.61. The van der Waals surface area contributed by atoms with Crippen molar-refractivity contribution in [2.24, 2.45) is 0 Å². The lowest BCUT2D eigenvalue weighted by Crippen LogP contribution is -2.19. The van der Waals surface area contributed by atoms with Crippen molar-refractivity contribution < 1.29 is 4.39 Å². The molecule has 0 amide bonds. The summed E-state index contributed by atoms with van der Waals surface area (Å²) in [7, 11) is 0. The molecule has 2 nitrogen and oxygen atoms in total. The highest BCUT2D eigenvalue weighted by molar-refractivity contribution is 7.99. The highest BCUT2D eigenvalue weighted by Gasteiger charge is 2.17. The number of rotatable bonds is 2. The molecular formula is C9H10ClFN2S. The van der Waals surface area contributed by atoms with Crippen molar-refractivity contribution in [1.29, 1.82) is 0 Å². The van der Waals surface area contributed by atoms with Crippen LogP contribution >= 0.6 is 23.4 Å². The quantitative estimate of drug-likeness (QED) is 0.849. The second-order valence-electron chi connectivity index (χ2n) is 3.19. The molecule has 0 aromatic carbocycles. The van der Waals surface area contributed by atoms with Gasteiger partial charge in [0.2, 0.25) is 0 Å². The van der Waals surface area contributed by atoms with Crippen LogP contribution in [0.15, 0.2) is 12.3 Å². The Morgan fingerprint density at radius 2 is 2.50 bits per heavy atom. The molecule has 0 radical (unpaired) electrons. The zero-order valence-corrected chi connectivity index (χ0v) is 9.04. The van der Waals surface area contributed by atoms with Gasteiger partial charge in [0.05, 0.1) is 5.02 Å². The van der Waals surface area contributed by atoms with Crippen molar-refractivity contribution in [2.45, 2.75) is 12.5 Å². The standard InChI is InChI=1S/C9H10ClFN2S/c10-6-3-8(11)9(12-4-6)13-7-1-2-14-5-7/h3-4,7H,1-2,5H2,(H,12,13). The van der Waals surface area contributed by atoms with Gasteiger partial charge in [-0.05, 0) is 18.2 Å². The molecule has 1 unspecified atom stereocenters. The number of aromatic nitrogens is 1. The Bertz CT molecular complexity index is 329. The molecule has 1 aromatic rings. The van der Waals surface area contributed by atoms with Gasteiger partial charge in [-0.15, -0.1) is 0 Å². The molecule has 1 aliphatic rings. The van der Waals surface area contributed by atoms with Crippen molar-refractivity contribution in [2.75, 3.05) is 16.8 Å². The Kier molecular flexibility index (Phi) is 3.13. The van der Waals surface area contributed by atoms with Gasteiger partial charge in [-0.25, -0.2) is 9.37 Å². The van der Waals surface area contributed by atoms with E-state index in [-0.39, 0.29) is 5.82 Å². The number of halogens is 2. The summed E-state index contributed by atoms with van der Waals surface area (Å²) in [4.78, 5) is 3.91. The van der Waals surface area contributed by atoms with Gasteiger partial charge >= 0.3 is 0 Å². The predicted octanol–water partition coefficient (Wildman–Crippen LogP) is 2.79. The lowest BCUT2D eigenvalue weighted by molar-refractivity contribution is 0.620. The first-order valence-electron chi connectivity index (χ1n) is 4.41. The van der Waals surface area contributed by atoms with Crippen LogP contribution in [0.4, 0.5) is 10.2 Å². The van der Waals surface area contributed by atoms with E-state index < -0.39 is 0 Å². The topological polar surface area (TPSA) is 24.9 Å². The Balaban J connectivity index is 2.08. The zero-order valence-electron chi connectivity index (χ0n) is 7.46. The summed E-state index contributed by atoms with van der Waals surface area (Å²) in [5, 5.41) is 3.40. The molecule has 1 fully saturated rings. The normalized spacial score (nSPS) is 21.1. The van der Waals surface area contributed by atoms with Crippen LogP contribution in [-0.4, -0.2) is 22.5 Å². The Morgan fingerprint density at radius 1 is 1.64 bits per heavy atom. The molecule has 0 spiro atoms. The summed E-state index contributed by atoms with van der Waals surface area (Å²) in [5.74, 6) is 2.08. The van der Waals surface area contributed by atoms with Gasteiger partial charge in [0.1, 0.15) is 0 Å². The average Bonchev–Trinajstić information content (AvgIpc) is 2.62. The van der Waals surface area contributed by atoms with Gasteiger partial charge < -0.3 is 5.32 Å². The maximum Gasteiger partial charge on any atom is 0.166 e. The van der Waals surface area contributed by atoms with Gasteiger partial charge in [0, 0.05) is 18.0 Å². The highest BCUT2D eigenvalue weighted by Crippen LogP contribution is 2.22. The zero-order chi connectivity index (χ0) is 9.97. The molecule has 1 N–H and O–H groups in total. The van der Waals surface area contributed by atoms with Crippen LogP contribution in [0.25, 0.3) is 0 Å². The van der Waals surface area contributed by atoms with Crippen LogP contribution in [-0.2, 0) is 0 Å². The number of pyridine rings is 1. The molecule has 76 valence electrons. The summed E-state index contributed by atoms with van der Waals surface area (Å²) < 4.78 is 13.3. The first kappa shape index (κ1) is 10.1. The van der Waals surface area contributed by atoms with Gasteiger partial charge in [-0.3, -0.25) is 0 Å². The summed E-state index contributed by atoms with van der Waals surface area (Å²) >= 11 is 7.47. The number of hydrogen-bond donors (Lipinski definition) is 1. The summed E-state index contributed by atoms with van der Waals surface area (Å²) in [5.41, 5.74) is 0. The molecule has 2 rings (SSSR count). The molecule has 1 aliphatic heterocycles. The molecule has 1 saturated heterocycles. The Labute approximate surface area is 91.2 Å². The third-order valence-corrected chi connectivity index (χ3v) is 3.45. The Morgan fingerprint density at radius 3 is 3.14 bits per heavy atom. The summed E-state index contributed by atoms with van der Waals surface area (Å²) in [6.45, 7) is 0. The molecular weight excluding hydrogens is 223 g/mol. The third-order valence-electron chi connectivity index (χ3n) is 2.08. The molecule has 5 heteroatoms. The number of nitrogens with one attached hydrogen (secondary N) is 1. The van der Waals surface area contributed by atoms with Gasteiger partial charge in [-0.2, -0.15) is 11.8 Å². The second kappa shape index (κ2) is 4.36. The lowest BCUT2D eigenvalue weighted by atomic mass is 10.2. The fourth-order valence-corrected chi connectivity index (χ4v) is 2.66. The average molecular weight is 233 g/mol. The maximum atomic E-state index is 13.3. The lowest BCUT2D eigenvalue weighted by Gasteiger charge is -2.12. The van der Waals surface area contributed by atoms with Crippen molar-refractivity contribution >= 4 is 29.2 Å². The number of hydrogen-bond acceptors (Lipinski definition) is 3. The van der Waals surface area contributed by atoms with E-state index in [1.807, 2.05) is 11.8 Å². The first-order valence-corrected chi connectivity index (χ1v) is 5.94. The van der Waals surface area contributed by atoms with E-state index in [1.54, 1.807) is 0 Å². The first-order chi connectivity index (χ1) is 6.75. The van der Waals surface area contributed by atoms with Crippen LogP contribution in [0.2, 0.25) is 5.02 Å². The monoisotopic (exact) mass is 232 g/mol. The molecule has 0 bridgehead atoms. The van der Waals surface area contributed by atoms with Crippen LogP contribution in [0, 0.1) is 5.82 Å². The number of thioether (sulfide) groups is 1. The van der Waals surface area contributed by atoms with E-state index >= 15 is 0 Å². The van der Waals surface area contributed by atoms with Gasteiger partial charge in [-0.1, -0.05) is 11.6 Å². The molecule has 2 heterocycles. The van der Waals surface area contributed by atoms with Crippen molar-refractivity contribution in [3.8, 4) is 0 Å². The van der Waals surface area contributed by atoms with E-state index in [9.17, 15) is 4.39 Å². The maximum absolute atomic E-state index is 13.3. The number of nitrogens with zero attached hydrogens (tertiary/aromatic N) is 1. The molecule has 0 saturated carbocycles. The van der Waals surface area contributed by atoms with Gasteiger partial charge in [0.15, 0.2) is 11.6 Å². The van der Waals surface area contributed by atoms with E-state index in [0.29, 0.717) is 16.9 Å². The second-order valence-corrected chi connectivity index (χ2v) is 4.78. The minimum atomic E-state index is -0.380. The smallest absolute Gasteiger partial charge is 0.166 e. The fourth-order valence-electron chi connectivity index (χ4n) is 1.36. The molecule has 1 atom stereocenters. The number of anilines is 1. The third kappa shape index (κ3) is 2.30. The van der Waals surface area contributed by atoms with Crippen LogP contribution in [0.3, 0.4) is 0 Å². The highest BCUT2D eigenvalue weighted by atomic mass is 35.5. The van der Waals surface area contributed by atoms with Crippen LogP contribution in [0.5, 0.6) is 0 Å². The molecule has 14 heavy (non-hydrogen) atoms. The SMILES string of the molecule is Fc1cc(Cl)cnc1NC1CCSC1. The van der Waals surface area contributed by atoms with Crippen molar-refractivity contribution in [3.63, 3.8) is 0 Å². The fraction of sp³-hybridized carbons (Fsp3) is 0.444. The molecule has 0 aliphatic carbocycles. The largest absolute Gasteiger partial charge is 0.364 e. The predicted molar refractivity (Wildman–Crippen MR) is 58.6 cm³/mol. The van der Waals surface area contributed by atoms with Crippen molar-refractivity contribution in [1.82, 2.24) is 4.98 Å². The van der Waals surface area contributed by atoms with E-state index in [2.05, 4.69) is 10.3 Å². The van der Waals surface area contributed by atoms with Gasteiger partial charge in [0.25, 0.3) is 0 Å². The molecule has 1 aromatic heterocycles. The Hall–Kier alpha value is -0.480. The van der Waals surface area contributed by atoms with Crippen LogP contribution in [0.1, 0.15) is 6.42 Å².